The molecule has 1 aromatic heterocycles. The summed E-state index contributed by atoms with van der Waals surface area (Å²) in [5.41, 5.74) is -0.0648. The van der Waals surface area contributed by atoms with Gasteiger partial charge in [-0.05, 0) is 31.2 Å². The Morgan fingerprint density at radius 1 is 1.31 bits per heavy atom. The average Bonchev–Trinajstić information content (AvgIpc) is 3.45. The molecule has 1 aliphatic carbocycles. The van der Waals surface area contributed by atoms with E-state index in [0.717, 1.165) is 5.56 Å². The van der Waals surface area contributed by atoms with Crippen molar-refractivity contribution in [1.29, 1.82) is 0 Å². The summed E-state index contributed by atoms with van der Waals surface area (Å²) in [5.74, 6) is 0.398. The van der Waals surface area contributed by atoms with E-state index in [4.69, 9.17) is 9.47 Å². The molecule has 3 rings (SSSR count). The molecular formula is C19H22FN3O4S2. The first-order chi connectivity index (χ1) is 14.0. The quantitative estimate of drug-likeness (QED) is 0.582. The number of halogens is 1. The van der Waals surface area contributed by atoms with Gasteiger partial charge in [0.1, 0.15) is 23.2 Å². The fourth-order valence-corrected chi connectivity index (χ4v) is 4.15. The van der Waals surface area contributed by atoms with Crippen LogP contribution in [0.5, 0.6) is 11.5 Å². The van der Waals surface area contributed by atoms with Crippen LogP contribution in [-0.4, -0.2) is 43.9 Å². The number of thiazole rings is 1. The van der Waals surface area contributed by atoms with Gasteiger partial charge >= 0.3 is 0 Å². The number of hydrogen-bond acceptors (Lipinski definition) is 7. The minimum atomic E-state index is -0.951. The van der Waals surface area contributed by atoms with Gasteiger partial charge in [0.2, 0.25) is 5.91 Å². The van der Waals surface area contributed by atoms with Crippen LogP contribution in [-0.2, 0) is 11.3 Å². The van der Waals surface area contributed by atoms with E-state index in [9.17, 15) is 14.0 Å². The lowest BCUT2D eigenvalue weighted by molar-refractivity contribution is -0.121. The number of hydrogen-bond donors (Lipinski definition) is 2. The Morgan fingerprint density at radius 2 is 2.07 bits per heavy atom. The smallest absolute Gasteiger partial charge is 0.273 e. The molecule has 2 amide bonds. The number of methoxy groups -OCH3 is 2. The van der Waals surface area contributed by atoms with Crippen molar-refractivity contribution in [3.05, 3.63) is 29.5 Å². The number of carbonyl (C=O) groups excluding carboxylic acids is 2. The van der Waals surface area contributed by atoms with Crippen molar-refractivity contribution < 1.29 is 23.5 Å². The molecule has 0 unspecified atom stereocenters. The van der Waals surface area contributed by atoms with E-state index in [1.807, 2.05) is 6.26 Å². The van der Waals surface area contributed by atoms with Crippen LogP contribution >= 0.6 is 23.1 Å². The number of carbonyl (C=O) groups is 2. The number of alkyl halides is 1. The van der Waals surface area contributed by atoms with Gasteiger partial charge in [-0.1, -0.05) is 23.1 Å². The van der Waals surface area contributed by atoms with Gasteiger partial charge < -0.3 is 20.1 Å². The Labute approximate surface area is 176 Å². The largest absolute Gasteiger partial charge is 0.497 e. The molecule has 1 heterocycles. The van der Waals surface area contributed by atoms with E-state index < -0.39 is 23.9 Å². The van der Waals surface area contributed by atoms with Crippen LogP contribution in [0, 0.1) is 5.41 Å². The molecule has 1 fully saturated rings. The SMILES string of the molecule is COc1ccc(CNC(=O)c2nc(SC)sc2NC(=O)C2(CF)CC2)c(OC)c1. The number of nitrogens with zero attached hydrogens (tertiary/aromatic N) is 1. The van der Waals surface area contributed by atoms with Gasteiger partial charge in [0, 0.05) is 18.2 Å². The van der Waals surface area contributed by atoms with Crippen molar-refractivity contribution in [2.75, 3.05) is 32.5 Å². The second kappa shape index (κ2) is 9.00. The molecule has 1 aliphatic rings. The summed E-state index contributed by atoms with van der Waals surface area (Å²) in [5, 5.41) is 5.83. The third-order valence-corrected chi connectivity index (χ3v) is 6.70. The predicted octanol–water partition coefficient (Wildman–Crippen LogP) is 3.50. The first kappa shape index (κ1) is 21.4. The van der Waals surface area contributed by atoms with Crippen LogP contribution < -0.4 is 20.1 Å². The highest BCUT2D eigenvalue weighted by atomic mass is 32.2. The molecule has 2 aromatic rings. The number of benzene rings is 1. The van der Waals surface area contributed by atoms with Gasteiger partial charge in [-0.2, -0.15) is 0 Å². The maximum Gasteiger partial charge on any atom is 0.273 e. The standard InChI is InChI=1S/C19H22FN3O4S2/c1-26-12-5-4-11(13(8-12)27-2)9-21-15(24)14-16(29-18(22-14)28-3)23-17(25)19(10-20)6-7-19/h4-5,8H,6-7,9-10H2,1-3H3,(H,21,24)(H,23,25). The fourth-order valence-electron chi connectivity index (χ4n) is 2.69. The molecule has 1 saturated carbocycles. The molecular weight excluding hydrogens is 417 g/mol. The minimum absolute atomic E-state index is 0.120. The Kier molecular flexibility index (Phi) is 6.63. The van der Waals surface area contributed by atoms with Crippen LogP contribution in [0.1, 0.15) is 28.9 Å². The second-order valence-electron chi connectivity index (χ2n) is 6.59. The maximum absolute atomic E-state index is 13.2. The summed E-state index contributed by atoms with van der Waals surface area (Å²) in [7, 11) is 3.10. The Bertz CT molecular complexity index is 915. The number of nitrogens with one attached hydrogen (secondary N) is 2. The first-order valence-corrected chi connectivity index (χ1v) is 10.9. The summed E-state index contributed by atoms with van der Waals surface area (Å²) in [6.07, 6.45) is 2.86. The summed E-state index contributed by atoms with van der Waals surface area (Å²) in [6.45, 7) is -0.494. The molecule has 0 aliphatic heterocycles. The number of rotatable bonds is 9. The molecule has 0 radical (unpaired) electrons. The zero-order chi connectivity index (χ0) is 21.0. The monoisotopic (exact) mass is 439 g/mol. The van der Waals surface area contributed by atoms with Gasteiger partial charge in [0.25, 0.3) is 5.91 Å². The van der Waals surface area contributed by atoms with E-state index in [1.54, 1.807) is 25.3 Å². The zero-order valence-electron chi connectivity index (χ0n) is 16.3. The lowest BCUT2D eigenvalue weighted by atomic mass is 10.1. The molecule has 10 heteroatoms. The van der Waals surface area contributed by atoms with E-state index in [1.165, 1.54) is 30.2 Å². The van der Waals surface area contributed by atoms with Gasteiger partial charge in [0.15, 0.2) is 10.0 Å². The van der Waals surface area contributed by atoms with Crippen molar-refractivity contribution >= 4 is 39.9 Å². The number of thioether (sulfide) groups is 1. The van der Waals surface area contributed by atoms with Crippen LogP contribution in [0.15, 0.2) is 22.5 Å². The third kappa shape index (κ3) is 4.64. The summed E-state index contributed by atoms with van der Waals surface area (Å²) >= 11 is 2.57. The molecule has 29 heavy (non-hydrogen) atoms. The van der Waals surface area contributed by atoms with Crippen LogP contribution in [0.4, 0.5) is 9.39 Å². The van der Waals surface area contributed by atoms with Crippen LogP contribution in [0.25, 0.3) is 0 Å². The molecule has 156 valence electrons. The molecule has 1 aromatic carbocycles. The zero-order valence-corrected chi connectivity index (χ0v) is 18.0. The van der Waals surface area contributed by atoms with Gasteiger partial charge in [-0.3, -0.25) is 9.59 Å². The van der Waals surface area contributed by atoms with E-state index >= 15 is 0 Å². The number of aromatic nitrogens is 1. The lowest BCUT2D eigenvalue weighted by Crippen LogP contribution is -2.28. The minimum Gasteiger partial charge on any atom is -0.497 e. The lowest BCUT2D eigenvalue weighted by Gasteiger charge is -2.12. The number of anilines is 1. The fraction of sp³-hybridized carbons (Fsp3) is 0.421. The van der Waals surface area contributed by atoms with Crippen molar-refractivity contribution in [3.63, 3.8) is 0 Å². The maximum atomic E-state index is 13.2. The van der Waals surface area contributed by atoms with E-state index in [2.05, 4.69) is 15.6 Å². The topological polar surface area (TPSA) is 89.5 Å². The first-order valence-electron chi connectivity index (χ1n) is 8.87. The van der Waals surface area contributed by atoms with Gasteiger partial charge in [0.05, 0.1) is 19.6 Å². The highest BCUT2D eigenvalue weighted by molar-refractivity contribution is 8.00. The summed E-state index contributed by atoms with van der Waals surface area (Å²) in [4.78, 5) is 29.4. The molecule has 0 saturated heterocycles. The Morgan fingerprint density at radius 3 is 2.66 bits per heavy atom. The van der Waals surface area contributed by atoms with Crippen LogP contribution in [0.3, 0.4) is 0 Å². The average molecular weight is 440 g/mol. The van der Waals surface area contributed by atoms with E-state index in [-0.39, 0.29) is 12.2 Å². The van der Waals surface area contributed by atoms with Gasteiger partial charge in [-0.15, -0.1) is 0 Å². The molecule has 2 N–H and O–H groups in total. The van der Waals surface area contributed by atoms with Crippen molar-refractivity contribution in [2.45, 2.75) is 23.7 Å². The Hall–Kier alpha value is -2.33. The summed E-state index contributed by atoms with van der Waals surface area (Å²) < 4.78 is 24.3. The number of ether oxygens (including phenoxy) is 2. The molecule has 0 bridgehead atoms. The molecule has 0 spiro atoms. The predicted molar refractivity (Wildman–Crippen MR) is 111 cm³/mol. The highest BCUT2D eigenvalue weighted by Gasteiger charge is 2.50. The summed E-state index contributed by atoms with van der Waals surface area (Å²) in [6, 6.07) is 5.30. The van der Waals surface area contributed by atoms with Gasteiger partial charge in [-0.25, -0.2) is 9.37 Å². The molecule has 7 nitrogen and oxygen atoms in total. The van der Waals surface area contributed by atoms with Crippen molar-refractivity contribution in [3.8, 4) is 11.5 Å². The normalized spacial score (nSPS) is 14.2. The second-order valence-corrected chi connectivity index (χ2v) is 8.64. The Balaban J connectivity index is 1.74. The third-order valence-electron chi connectivity index (χ3n) is 4.75. The highest BCUT2D eigenvalue weighted by Crippen LogP contribution is 2.47. The molecule has 0 atom stereocenters. The van der Waals surface area contributed by atoms with E-state index in [0.29, 0.717) is 33.7 Å². The van der Waals surface area contributed by atoms with Crippen LogP contribution in [0.2, 0.25) is 0 Å². The number of amides is 2. The van der Waals surface area contributed by atoms with Crippen molar-refractivity contribution in [1.82, 2.24) is 10.3 Å². The van der Waals surface area contributed by atoms with Crippen molar-refractivity contribution in [2.24, 2.45) is 5.41 Å².